The van der Waals surface area contributed by atoms with Gasteiger partial charge in [0.2, 0.25) is 0 Å². The Labute approximate surface area is 86.4 Å². The molecule has 1 aliphatic rings. The van der Waals surface area contributed by atoms with Crippen molar-refractivity contribution in [3.8, 4) is 0 Å². The molecular formula is C11H20N2O. The number of hydrogen-bond donors (Lipinski definition) is 0. The number of rotatable bonds is 0. The molecule has 1 rings (SSSR count). The first-order valence-corrected chi connectivity index (χ1v) is 4.93. The van der Waals surface area contributed by atoms with Crippen LogP contribution in [0.3, 0.4) is 0 Å². The second kappa shape index (κ2) is 3.30. The van der Waals surface area contributed by atoms with E-state index in [0.717, 1.165) is 5.84 Å². The molecular weight excluding hydrogens is 176 g/mol. The highest BCUT2D eigenvalue weighted by Gasteiger charge is 2.32. The van der Waals surface area contributed by atoms with Crippen LogP contribution in [0.4, 0.5) is 0 Å². The Kier molecular flexibility index (Phi) is 2.61. The molecule has 3 heteroatoms. The van der Waals surface area contributed by atoms with Gasteiger partial charge in [0, 0.05) is 17.2 Å². The topological polar surface area (TPSA) is 24.8 Å². The Morgan fingerprint density at radius 1 is 1.14 bits per heavy atom. The van der Waals surface area contributed by atoms with Crippen molar-refractivity contribution in [3.05, 3.63) is 12.5 Å². The van der Waals surface area contributed by atoms with Gasteiger partial charge < -0.3 is 9.74 Å². The molecule has 0 atom stereocenters. The van der Waals surface area contributed by atoms with Crippen molar-refractivity contribution in [2.75, 3.05) is 0 Å². The van der Waals surface area contributed by atoms with Crippen LogP contribution in [0.15, 0.2) is 17.6 Å². The summed E-state index contributed by atoms with van der Waals surface area (Å²) in [6, 6.07) is 0. The van der Waals surface area contributed by atoms with Gasteiger partial charge in [0.25, 0.3) is 0 Å². The molecule has 80 valence electrons. The smallest absolute Gasteiger partial charge is 0.155 e. The van der Waals surface area contributed by atoms with Crippen molar-refractivity contribution in [2.45, 2.75) is 47.1 Å². The molecule has 3 nitrogen and oxygen atoms in total. The van der Waals surface area contributed by atoms with E-state index in [4.69, 9.17) is 4.84 Å². The van der Waals surface area contributed by atoms with Gasteiger partial charge >= 0.3 is 0 Å². The quantitative estimate of drug-likeness (QED) is 0.595. The molecule has 0 N–H and O–H groups in total. The lowest BCUT2D eigenvalue weighted by molar-refractivity contribution is 0.193. The van der Waals surface area contributed by atoms with E-state index < -0.39 is 0 Å². The summed E-state index contributed by atoms with van der Waals surface area (Å²) in [7, 11) is 0. The van der Waals surface area contributed by atoms with Crippen LogP contribution in [0.1, 0.15) is 41.5 Å². The van der Waals surface area contributed by atoms with Gasteiger partial charge in [-0.05, 0) is 20.8 Å². The molecule has 0 bridgehead atoms. The summed E-state index contributed by atoms with van der Waals surface area (Å²) >= 11 is 0. The summed E-state index contributed by atoms with van der Waals surface area (Å²) in [4.78, 5) is 7.15. The maximum absolute atomic E-state index is 5.00. The Balaban J connectivity index is 2.99. The summed E-state index contributed by atoms with van der Waals surface area (Å²) in [6.07, 6.45) is 3.55. The summed E-state index contributed by atoms with van der Waals surface area (Å²) in [5.74, 6) is 0.965. The van der Waals surface area contributed by atoms with Crippen LogP contribution >= 0.6 is 0 Å². The third kappa shape index (κ3) is 2.28. The fourth-order valence-corrected chi connectivity index (χ4v) is 1.32. The summed E-state index contributed by atoms with van der Waals surface area (Å²) in [5, 5.41) is 4.10. The van der Waals surface area contributed by atoms with Crippen LogP contribution in [0.5, 0.6) is 0 Å². The average Bonchev–Trinajstić information content (AvgIpc) is 2.01. The van der Waals surface area contributed by atoms with E-state index in [-0.39, 0.29) is 11.0 Å². The zero-order valence-corrected chi connectivity index (χ0v) is 9.96. The molecule has 0 saturated heterocycles. The third-order valence-electron chi connectivity index (χ3n) is 2.03. The van der Waals surface area contributed by atoms with Crippen LogP contribution < -0.4 is 0 Å². The maximum Gasteiger partial charge on any atom is 0.155 e. The van der Waals surface area contributed by atoms with Crippen molar-refractivity contribution in [1.29, 1.82) is 0 Å². The van der Waals surface area contributed by atoms with Crippen LogP contribution in [0, 0.1) is 5.41 Å². The second-order valence-electron chi connectivity index (χ2n) is 5.60. The van der Waals surface area contributed by atoms with E-state index in [1.54, 1.807) is 6.26 Å². The normalized spacial score (nSPS) is 17.9. The summed E-state index contributed by atoms with van der Waals surface area (Å²) in [6.45, 7) is 12.9. The van der Waals surface area contributed by atoms with Gasteiger partial charge in [-0.25, -0.2) is 0 Å². The van der Waals surface area contributed by atoms with Crippen molar-refractivity contribution < 1.29 is 4.84 Å². The first-order valence-electron chi connectivity index (χ1n) is 4.93. The van der Waals surface area contributed by atoms with Gasteiger partial charge in [-0.2, -0.15) is 0 Å². The highest BCUT2D eigenvalue weighted by molar-refractivity contribution is 5.88. The molecule has 0 amide bonds. The van der Waals surface area contributed by atoms with Gasteiger partial charge in [0.05, 0.1) is 0 Å². The van der Waals surface area contributed by atoms with Gasteiger partial charge in [0.15, 0.2) is 5.84 Å². The third-order valence-corrected chi connectivity index (χ3v) is 2.03. The van der Waals surface area contributed by atoms with Crippen molar-refractivity contribution in [3.63, 3.8) is 0 Å². The first kappa shape index (κ1) is 11.1. The highest BCUT2D eigenvalue weighted by Crippen LogP contribution is 2.27. The maximum atomic E-state index is 5.00. The second-order valence-corrected chi connectivity index (χ2v) is 5.60. The molecule has 0 saturated carbocycles. The minimum absolute atomic E-state index is 0.00194. The summed E-state index contributed by atoms with van der Waals surface area (Å²) < 4.78 is 0. The van der Waals surface area contributed by atoms with Gasteiger partial charge in [-0.1, -0.05) is 25.9 Å². The SMILES string of the molecule is CC(C)(C)C1=NOC=CN1C(C)(C)C. The monoisotopic (exact) mass is 196 g/mol. The van der Waals surface area contributed by atoms with E-state index in [1.807, 2.05) is 6.20 Å². The fraction of sp³-hybridized carbons (Fsp3) is 0.727. The number of oxime groups is 1. The Morgan fingerprint density at radius 2 is 1.71 bits per heavy atom. The zero-order valence-electron chi connectivity index (χ0n) is 9.96. The largest absolute Gasteiger partial charge is 0.362 e. The fourth-order valence-electron chi connectivity index (χ4n) is 1.32. The number of hydrogen-bond acceptors (Lipinski definition) is 3. The van der Waals surface area contributed by atoms with E-state index in [2.05, 4.69) is 51.6 Å². The first-order chi connectivity index (χ1) is 6.23. The predicted molar refractivity (Wildman–Crippen MR) is 58.7 cm³/mol. The van der Waals surface area contributed by atoms with Crippen LogP contribution in [0.25, 0.3) is 0 Å². The van der Waals surface area contributed by atoms with E-state index in [1.165, 1.54) is 0 Å². The number of nitrogens with zero attached hydrogens (tertiary/aromatic N) is 2. The molecule has 0 aromatic heterocycles. The molecule has 0 spiro atoms. The number of amidine groups is 1. The molecule has 0 unspecified atom stereocenters. The highest BCUT2D eigenvalue weighted by atomic mass is 16.6. The lowest BCUT2D eigenvalue weighted by Gasteiger charge is -2.40. The standard InChI is InChI=1S/C11H20N2O/c1-10(2,3)9-12-14-8-7-13(9)11(4,5)6/h7-8H,1-6H3. The van der Waals surface area contributed by atoms with Crippen molar-refractivity contribution in [2.24, 2.45) is 10.6 Å². The van der Waals surface area contributed by atoms with E-state index in [9.17, 15) is 0 Å². The molecule has 14 heavy (non-hydrogen) atoms. The van der Waals surface area contributed by atoms with Gasteiger partial charge in [-0.15, -0.1) is 0 Å². The lowest BCUT2D eigenvalue weighted by atomic mass is 9.91. The minimum Gasteiger partial charge on any atom is -0.362 e. The Hall–Kier alpha value is -0.990. The minimum atomic E-state index is -0.00194. The van der Waals surface area contributed by atoms with Crippen LogP contribution in [-0.4, -0.2) is 16.3 Å². The van der Waals surface area contributed by atoms with Crippen molar-refractivity contribution >= 4 is 5.84 Å². The lowest BCUT2D eigenvalue weighted by Crippen LogP contribution is -2.47. The van der Waals surface area contributed by atoms with Crippen molar-refractivity contribution in [1.82, 2.24) is 4.90 Å². The molecule has 0 aromatic rings. The Morgan fingerprint density at radius 3 is 2.07 bits per heavy atom. The molecule has 1 heterocycles. The average molecular weight is 196 g/mol. The molecule has 0 radical (unpaired) electrons. The zero-order chi connectivity index (χ0) is 11.0. The van der Waals surface area contributed by atoms with Gasteiger partial charge in [0.1, 0.15) is 6.26 Å². The van der Waals surface area contributed by atoms with E-state index >= 15 is 0 Å². The molecule has 1 aliphatic heterocycles. The molecule has 0 aromatic carbocycles. The van der Waals surface area contributed by atoms with Crippen LogP contribution in [0.2, 0.25) is 0 Å². The molecule has 0 aliphatic carbocycles. The predicted octanol–water partition coefficient (Wildman–Crippen LogP) is 2.95. The van der Waals surface area contributed by atoms with E-state index in [0.29, 0.717) is 0 Å². The van der Waals surface area contributed by atoms with Gasteiger partial charge in [-0.3, -0.25) is 0 Å². The van der Waals surface area contributed by atoms with Crippen LogP contribution in [-0.2, 0) is 4.84 Å². The summed E-state index contributed by atoms with van der Waals surface area (Å²) in [5.41, 5.74) is 0.0322. The Bertz CT molecular complexity index is 266. The molecule has 0 fully saturated rings.